The van der Waals surface area contributed by atoms with Crippen LogP contribution in [0.5, 0.6) is 0 Å². The molecule has 0 saturated heterocycles. The Morgan fingerprint density at radius 1 is 1.36 bits per heavy atom. The molecule has 1 atom stereocenters. The predicted molar refractivity (Wildman–Crippen MR) is 57.5 cm³/mol. The Bertz CT molecular complexity index is 232. The van der Waals surface area contributed by atoms with Crippen LogP contribution in [0.2, 0.25) is 0 Å². The molecule has 0 aliphatic heterocycles. The Morgan fingerprint density at radius 3 is 2.29 bits per heavy atom. The SMILES string of the molecule is CC[C@@H](CO)NS(=O)(=O)CCC(C)C. The highest BCUT2D eigenvalue weighted by Crippen LogP contribution is 2.03. The smallest absolute Gasteiger partial charge is 0.211 e. The standard InChI is InChI=1S/C9H21NO3S/c1-4-9(7-11)10-14(12,13)6-5-8(2)3/h8-11H,4-7H2,1-3H3/t9-/m0/s1. The van der Waals surface area contributed by atoms with Crippen LogP contribution in [-0.2, 0) is 10.0 Å². The van der Waals surface area contributed by atoms with Crippen LogP contribution in [0.25, 0.3) is 0 Å². The molecule has 5 heteroatoms. The monoisotopic (exact) mass is 223 g/mol. The summed E-state index contributed by atoms with van der Waals surface area (Å²) in [7, 11) is -3.21. The van der Waals surface area contributed by atoms with Gasteiger partial charge in [-0.25, -0.2) is 13.1 Å². The number of rotatable bonds is 7. The Hall–Kier alpha value is -0.130. The van der Waals surface area contributed by atoms with E-state index in [4.69, 9.17) is 5.11 Å². The average Bonchev–Trinajstić information content (AvgIpc) is 2.11. The van der Waals surface area contributed by atoms with Crippen molar-refractivity contribution in [2.24, 2.45) is 5.92 Å². The second kappa shape index (κ2) is 6.37. The Labute approximate surface area is 86.8 Å². The number of nitrogens with one attached hydrogen (secondary N) is 1. The van der Waals surface area contributed by atoms with E-state index in [-0.39, 0.29) is 18.4 Å². The average molecular weight is 223 g/mol. The minimum Gasteiger partial charge on any atom is -0.395 e. The minimum atomic E-state index is -3.21. The van der Waals surface area contributed by atoms with Crippen molar-refractivity contribution in [3.8, 4) is 0 Å². The molecule has 0 spiro atoms. The molecular weight excluding hydrogens is 202 g/mol. The Kier molecular flexibility index (Phi) is 6.31. The summed E-state index contributed by atoms with van der Waals surface area (Å²) in [6, 6.07) is -0.341. The van der Waals surface area contributed by atoms with Gasteiger partial charge in [-0.1, -0.05) is 20.8 Å². The lowest BCUT2D eigenvalue weighted by Gasteiger charge is -2.14. The van der Waals surface area contributed by atoms with Gasteiger partial charge < -0.3 is 5.11 Å². The van der Waals surface area contributed by atoms with Gasteiger partial charge in [0.15, 0.2) is 0 Å². The molecule has 86 valence electrons. The molecule has 0 unspecified atom stereocenters. The fourth-order valence-electron chi connectivity index (χ4n) is 0.953. The maximum Gasteiger partial charge on any atom is 0.211 e. The highest BCUT2D eigenvalue weighted by Gasteiger charge is 2.15. The first-order valence-corrected chi connectivity index (χ1v) is 6.67. The van der Waals surface area contributed by atoms with Crippen LogP contribution < -0.4 is 4.72 Å². The van der Waals surface area contributed by atoms with Crippen LogP contribution >= 0.6 is 0 Å². The van der Waals surface area contributed by atoms with Gasteiger partial charge in [-0.3, -0.25) is 0 Å². The number of aliphatic hydroxyl groups excluding tert-OH is 1. The molecule has 0 aromatic rings. The number of hydrogen-bond acceptors (Lipinski definition) is 3. The van der Waals surface area contributed by atoms with Crippen molar-refractivity contribution in [3.05, 3.63) is 0 Å². The quantitative estimate of drug-likeness (QED) is 0.668. The highest BCUT2D eigenvalue weighted by atomic mass is 32.2. The third kappa shape index (κ3) is 6.34. The molecule has 0 aromatic heterocycles. The van der Waals surface area contributed by atoms with Crippen LogP contribution in [0, 0.1) is 5.92 Å². The fourth-order valence-corrected chi connectivity index (χ4v) is 2.60. The molecule has 0 fully saturated rings. The molecule has 0 bridgehead atoms. The van der Waals surface area contributed by atoms with Crippen molar-refractivity contribution >= 4 is 10.0 Å². The van der Waals surface area contributed by atoms with Crippen LogP contribution in [0.4, 0.5) is 0 Å². The summed E-state index contributed by atoms with van der Waals surface area (Å²) in [5, 5.41) is 8.84. The Balaban J connectivity index is 4.06. The minimum absolute atomic E-state index is 0.140. The molecule has 14 heavy (non-hydrogen) atoms. The summed E-state index contributed by atoms with van der Waals surface area (Å²) < 4.78 is 25.4. The third-order valence-electron chi connectivity index (χ3n) is 2.02. The topological polar surface area (TPSA) is 66.4 Å². The van der Waals surface area contributed by atoms with E-state index in [0.29, 0.717) is 18.8 Å². The molecule has 0 amide bonds. The van der Waals surface area contributed by atoms with Crippen molar-refractivity contribution in [3.63, 3.8) is 0 Å². The first-order chi connectivity index (χ1) is 6.41. The van der Waals surface area contributed by atoms with E-state index in [0.717, 1.165) is 0 Å². The first kappa shape index (κ1) is 13.9. The van der Waals surface area contributed by atoms with E-state index >= 15 is 0 Å². The molecule has 0 aliphatic carbocycles. The van der Waals surface area contributed by atoms with Crippen molar-refractivity contribution in [2.75, 3.05) is 12.4 Å². The van der Waals surface area contributed by atoms with Gasteiger partial charge in [0.05, 0.1) is 12.4 Å². The van der Waals surface area contributed by atoms with Gasteiger partial charge in [-0.2, -0.15) is 0 Å². The second-order valence-electron chi connectivity index (χ2n) is 3.91. The molecule has 0 saturated carbocycles. The lowest BCUT2D eigenvalue weighted by Crippen LogP contribution is -2.38. The number of hydrogen-bond donors (Lipinski definition) is 2. The van der Waals surface area contributed by atoms with Crippen molar-refractivity contribution < 1.29 is 13.5 Å². The van der Waals surface area contributed by atoms with Crippen LogP contribution in [0.1, 0.15) is 33.6 Å². The highest BCUT2D eigenvalue weighted by molar-refractivity contribution is 7.89. The zero-order valence-electron chi connectivity index (χ0n) is 9.16. The summed E-state index contributed by atoms with van der Waals surface area (Å²) in [4.78, 5) is 0. The van der Waals surface area contributed by atoms with E-state index in [1.807, 2.05) is 20.8 Å². The molecule has 0 heterocycles. The van der Waals surface area contributed by atoms with E-state index < -0.39 is 10.0 Å². The molecule has 0 rings (SSSR count). The lowest BCUT2D eigenvalue weighted by atomic mass is 10.2. The molecule has 0 radical (unpaired) electrons. The van der Waals surface area contributed by atoms with E-state index in [1.165, 1.54) is 0 Å². The fraction of sp³-hybridized carbons (Fsp3) is 1.00. The summed E-state index contributed by atoms with van der Waals surface area (Å²) in [6.45, 7) is 5.67. The first-order valence-electron chi connectivity index (χ1n) is 5.02. The van der Waals surface area contributed by atoms with E-state index in [1.54, 1.807) is 0 Å². The zero-order valence-corrected chi connectivity index (χ0v) is 9.97. The predicted octanol–water partition coefficient (Wildman–Crippen LogP) is 0.723. The maximum absolute atomic E-state index is 11.4. The van der Waals surface area contributed by atoms with E-state index in [9.17, 15) is 8.42 Å². The van der Waals surface area contributed by atoms with Gasteiger partial charge in [-0.05, 0) is 18.8 Å². The second-order valence-corrected chi connectivity index (χ2v) is 5.78. The molecule has 4 nitrogen and oxygen atoms in total. The van der Waals surface area contributed by atoms with Crippen LogP contribution in [0.15, 0.2) is 0 Å². The molecule has 0 aliphatic rings. The summed E-state index contributed by atoms with van der Waals surface area (Å²) >= 11 is 0. The lowest BCUT2D eigenvalue weighted by molar-refractivity contribution is 0.253. The number of sulfonamides is 1. The number of aliphatic hydroxyl groups is 1. The summed E-state index contributed by atoms with van der Waals surface area (Å²) in [5.74, 6) is 0.516. The van der Waals surface area contributed by atoms with Crippen molar-refractivity contribution in [1.82, 2.24) is 4.72 Å². The van der Waals surface area contributed by atoms with Gasteiger partial charge in [0, 0.05) is 6.04 Å². The van der Waals surface area contributed by atoms with Gasteiger partial charge in [-0.15, -0.1) is 0 Å². The van der Waals surface area contributed by atoms with Crippen molar-refractivity contribution in [1.29, 1.82) is 0 Å². The van der Waals surface area contributed by atoms with Crippen LogP contribution in [-0.4, -0.2) is 31.9 Å². The summed E-state index contributed by atoms with van der Waals surface area (Å²) in [6.07, 6.45) is 1.26. The van der Waals surface area contributed by atoms with Crippen molar-refractivity contribution in [2.45, 2.75) is 39.7 Å². The molecule has 0 aromatic carbocycles. The van der Waals surface area contributed by atoms with Crippen LogP contribution in [0.3, 0.4) is 0 Å². The third-order valence-corrected chi connectivity index (χ3v) is 3.49. The normalized spacial score (nSPS) is 14.6. The summed E-state index contributed by atoms with van der Waals surface area (Å²) in [5.41, 5.74) is 0. The zero-order chi connectivity index (χ0) is 11.2. The maximum atomic E-state index is 11.4. The molecule has 2 N–H and O–H groups in total. The van der Waals surface area contributed by atoms with Gasteiger partial charge in [0.25, 0.3) is 0 Å². The Morgan fingerprint density at radius 2 is 1.93 bits per heavy atom. The van der Waals surface area contributed by atoms with Gasteiger partial charge in [0.1, 0.15) is 0 Å². The van der Waals surface area contributed by atoms with Gasteiger partial charge >= 0.3 is 0 Å². The van der Waals surface area contributed by atoms with Gasteiger partial charge in [0.2, 0.25) is 10.0 Å². The molecular formula is C9H21NO3S. The largest absolute Gasteiger partial charge is 0.395 e. The van der Waals surface area contributed by atoms with E-state index in [2.05, 4.69) is 4.72 Å².